The SMILES string of the molecule is C(=C\[C@H]1CCNC1)/c1cncnc1.CCOC(=O)/C=C\C(=O)O. The van der Waals surface area contributed by atoms with Crippen molar-refractivity contribution in [3.8, 4) is 0 Å². The van der Waals surface area contributed by atoms with Gasteiger partial charge in [0.2, 0.25) is 0 Å². The Bertz CT molecular complexity index is 538. The lowest BCUT2D eigenvalue weighted by molar-refractivity contribution is -0.138. The number of carboxylic acids is 1. The van der Waals surface area contributed by atoms with Crippen LogP contribution in [0.5, 0.6) is 0 Å². The Kier molecular flexibility index (Phi) is 8.92. The van der Waals surface area contributed by atoms with Gasteiger partial charge in [0.15, 0.2) is 0 Å². The molecular weight excluding hydrogens is 298 g/mol. The lowest BCUT2D eigenvalue weighted by Gasteiger charge is -1.98. The van der Waals surface area contributed by atoms with Gasteiger partial charge in [0.1, 0.15) is 6.33 Å². The molecule has 124 valence electrons. The number of carbonyl (C=O) groups is 2. The van der Waals surface area contributed by atoms with Gasteiger partial charge >= 0.3 is 11.9 Å². The molecule has 23 heavy (non-hydrogen) atoms. The van der Waals surface area contributed by atoms with E-state index in [-0.39, 0.29) is 6.61 Å². The molecule has 0 spiro atoms. The topological polar surface area (TPSA) is 101 Å². The summed E-state index contributed by atoms with van der Waals surface area (Å²) in [5.74, 6) is -1.11. The standard InChI is InChI=1S/C10H13N3.C6H8O4/c1(9-3-4-11-5-9)2-10-6-12-8-13-7-10;1-2-10-6(9)4-3-5(7)8/h1-2,6-9,11H,3-5H2;3-4H,2H2,1H3,(H,7,8)/b2-1+;4-3-/t9-;/m0./s1. The third-order valence-electron chi connectivity index (χ3n) is 2.89. The maximum absolute atomic E-state index is 10.4. The second kappa shape index (κ2) is 11.1. The maximum atomic E-state index is 10.4. The van der Waals surface area contributed by atoms with Crippen molar-refractivity contribution in [2.45, 2.75) is 13.3 Å². The fourth-order valence-corrected chi connectivity index (χ4v) is 1.81. The van der Waals surface area contributed by atoms with Crippen LogP contribution in [0.1, 0.15) is 18.9 Å². The molecule has 1 atom stereocenters. The molecule has 0 bridgehead atoms. The molecule has 2 N–H and O–H groups in total. The summed E-state index contributed by atoms with van der Waals surface area (Å²) in [6.45, 7) is 4.14. The number of hydrogen-bond acceptors (Lipinski definition) is 6. The Labute approximate surface area is 135 Å². The number of carboxylic acid groups (broad SMARTS) is 1. The average Bonchev–Trinajstić information content (AvgIpc) is 3.06. The van der Waals surface area contributed by atoms with Crippen LogP contribution in [0.15, 0.2) is 36.9 Å². The van der Waals surface area contributed by atoms with Crippen molar-refractivity contribution < 1.29 is 19.4 Å². The molecule has 1 aliphatic heterocycles. The number of rotatable bonds is 5. The molecule has 1 aromatic rings. The van der Waals surface area contributed by atoms with Gasteiger partial charge in [-0.2, -0.15) is 0 Å². The monoisotopic (exact) mass is 319 g/mol. The predicted octanol–water partition coefficient (Wildman–Crippen LogP) is 1.29. The van der Waals surface area contributed by atoms with Gasteiger partial charge in [-0.3, -0.25) is 0 Å². The number of hydrogen-bond donors (Lipinski definition) is 2. The van der Waals surface area contributed by atoms with Gasteiger partial charge in [-0.25, -0.2) is 19.6 Å². The van der Waals surface area contributed by atoms with Gasteiger partial charge in [0.25, 0.3) is 0 Å². The summed E-state index contributed by atoms with van der Waals surface area (Å²) < 4.78 is 4.40. The molecule has 1 saturated heterocycles. The highest BCUT2D eigenvalue weighted by atomic mass is 16.5. The third-order valence-corrected chi connectivity index (χ3v) is 2.89. The second-order valence-electron chi connectivity index (χ2n) is 4.71. The van der Waals surface area contributed by atoms with Crippen molar-refractivity contribution in [1.82, 2.24) is 15.3 Å². The minimum absolute atomic E-state index is 0.253. The van der Waals surface area contributed by atoms with Crippen molar-refractivity contribution in [2.24, 2.45) is 5.92 Å². The quantitative estimate of drug-likeness (QED) is 0.623. The van der Waals surface area contributed by atoms with E-state index in [1.54, 1.807) is 13.3 Å². The molecule has 0 saturated carbocycles. The van der Waals surface area contributed by atoms with Crippen LogP contribution in [0, 0.1) is 5.92 Å². The first-order chi connectivity index (χ1) is 11.1. The summed E-state index contributed by atoms with van der Waals surface area (Å²) in [6, 6.07) is 0. The number of esters is 1. The number of ether oxygens (including phenoxy) is 1. The van der Waals surface area contributed by atoms with E-state index in [0.29, 0.717) is 5.92 Å². The molecule has 0 aliphatic carbocycles. The Morgan fingerprint density at radius 1 is 1.39 bits per heavy atom. The molecule has 7 heteroatoms. The average molecular weight is 319 g/mol. The van der Waals surface area contributed by atoms with Crippen LogP contribution in [-0.4, -0.2) is 46.7 Å². The van der Waals surface area contributed by atoms with Crippen molar-refractivity contribution in [3.63, 3.8) is 0 Å². The summed E-state index contributed by atoms with van der Waals surface area (Å²) in [7, 11) is 0. The Balaban J connectivity index is 0.000000241. The molecule has 7 nitrogen and oxygen atoms in total. The number of nitrogens with one attached hydrogen (secondary N) is 1. The second-order valence-corrected chi connectivity index (χ2v) is 4.71. The van der Waals surface area contributed by atoms with E-state index in [9.17, 15) is 9.59 Å². The van der Waals surface area contributed by atoms with Gasteiger partial charge in [-0.15, -0.1) is 0 Å². The first-order valence-corrected chi connectivity index (χ1v) is 7.33. The van der Waals surface area contributed by atoms with Crippen LogP contribution in [-0.2, 0) is 14.3 Å². The van der Waals surface area contributed by atoms with Crippen LogP contribution in [0.4, 0.5) is 0 Å². The van der Waals surface area contributed by atoms with Crippen molar-refractivity contribution in [1.29, 1.82) is 0 Å². The number of aromatic nitrogens is 2. The van der Waals surface area contributed by atoms with Gasteiger partial charge in [0, 0.05) is 36.7 Å². The zero-order valence-corrected chi connectivity index (χ0v) is 13.0. The highest BCUT2D eigenvalue weighted by molar-refractivity contribution is 5.90. The molecule has 0 unspecified atom stereocenters. The summed E-state index contributed by atoms with van der Waals surface area (Å²) in [5, 5.41) is 11.4. The lowest BCUT2D eigenvalue weighted by Crippen LogP contribution is -2.07. The first-order valence-electron chi connectivity index (χ1n) is 7.33. The zero-order valence-electron chi connectivity index (χ0n) is 13.0. The fraction of sp³-hybridized carbons (Fsp3) is 0.375. The Hall–Kier alpha value is -2.54. The van der Waals surface area contributed by atoms with E-state index in [4.69, 9.17) is 5.11 Å². The van der Waals surface area contributed by atoms with E-state index in [2.05, 4.69) is 32.2 Å². The predicted molar refractivity (Wildman–Crippen MR) is 85.5 cm³/mol. The highest BCUT2D eigenvalue weighted by Crippen LogP contribution is 2.10. The number of carbonyl (C=O) groups excluding carboxylic acids is 1. The molecule has 2 heterocycles. The summed E-state index contributed by atoms with van der Waals surface area (Å²) >= 11 is 0. The van der Waals surface area contributed by atoms with Crippen molar-refractivity contribution in [3.05, 3.63) is 42.5 Å². The van der Waals surface area contributed by atoms with Gasteiger partial charge in [-0.1, -0.05) is 12.2 Å². The van der Waals surface area contributed by atoms with E-state index >= 15 is 0 Å². The summed E-state index contributed by atoms with van der Waals surface area (Å²) in [5.41, 5.74) is 1.08. The minimum atomic E-state index is -1.16. The van der Waals surface area contributed by atoms with E-state index in [0.717, 1.165) is 30.8 Å². The molecule has 0 radical (unpaired) electrons. The molecule has 1 fully saturated rings. The van der Waals surface area contributed by atoms with Crippen LogP contribution in [0.25, 0.3) is 6.08 Å². The largest absolute Gasteiger partial charge is 0.478 e. The van der Waals surface area contributed by atoms with Gasteiger partial charge in [0.05, 0.1) is 6.61 Å². The first kappa shape index (κ1) is 18.5. The lowest BCUT2D eigenvalue weighted by atomic mass is 10.1. The van der Waals surface area contributed by atoms with Crippen LogP contribution in [0.2, 0.25) is 0 Å². The highest BCUT2D eigenvalue weighted by Gasteiger charge is 2.09. The number of nitrogens with zero attached hydrogens (tertiary/aromatic N) is 2. The van der Waals surface area contributed by atoms with E-state index < -0.39 is 11.9 Å². The number of aliphatic carboxylic acids is 1. The molecule has 1 aromatic heterocycles. The van der Waals surface area contributed by atoms with E-state index in [1.165, 1.54) is 6.42 Å². The van der Waals surface area contributed by atoms with Crippen LogP contribution in [0.3, 0.4) is 0 Å². The maximum Gasteiger partial charge on any atom is 0.330 e. The fourth-order valence-electron chi connectivity index (χ4n) is 1.81. The molecule has 0 aromatic carbocycles. The van der Waals surface area contributed by atoms with Crippen molar-refractivity contribution in [2.75, 3.05) is 19.7 Å². The molecule has 0 amide bonds. The van der Waals surface area contributed by atoms with E-state index in [1.807, 2.05) is 12.4 Å². The normalized spacial score (nSPS) is 17.0. The Morgan fingerprint density at radius 2 is 2.13 bits per heavy atom. The molecule has 2 rings (SSSR count). The summed E-state index contributed by atoms with van der Waals surface area (Å²) in [6.07, 6.45) is 12.4. The molecule has 1 aliphatic rings. The third kappa shape index (κ3) is 9.15. The van der Waals surface area contributed by atoms with Gasteiger partial charge < -0.3 is 15.2 Å². The van der Waals surface area contributed by atoms with Crippen molar-refractivity contribution >= 4 is 18.0 Å². The Morgan fingerprint density at radius 3 is 2.70 bits per heavy atom. The van der Waals surface area contributed by atoms with Crippen LogP contribution < -0.4 is 5.32 Å². The smallest absolute Gasteiger partial charge is 0.330 e. The van der Waals surface area contributed by atoms with Gasteiger partial charge in [-0.05, 0) is 25.8 Å². The molecular formula is C16H21N3O4. The minimum Gasteiger partial charge on any atom is -0.478 e. The zero-order chi connectivity index (χ0) is 16.9. The summed E-state index contributed by atoms with van der Waals surface area (Å²) in [4.78, 5) is 28.1. The van der Waals surface area contributed by atoms with Crippen LogP contribution >= 0.6 is 0 Å².